The van der Waals surface area contributed by atoms with Gasteiger partial charge in [0.05, 0.1) is 19.8 Å². The summed E-state index contributed by atoms with van der Waals surface area (Å²) in [6.45, 7) is 7.54. The summed E-state index contributed by atoms with van der Waals surface area (Å²) >= 11 is 0. The molecule has 0 bridgehead atoms. The van der Waals surface area contributed by atoms with Crippen LogP contribution < -0.4 is 0 Å². The molecular formula is C14H25N3O3. The van der Waals surface area contributed by atoms with E-state index in [1.165, 1.54) is 0 Å². The van der Waals surface area contributed by atoms with Gasteiger partial charge >= 0.3 is 0 Å². The molecule has 0 atom stereocenters. The Morgan fingerprint density at radius 2 is 1.60 bits per heavy atom. The lowest BCUT2D eigenvalue weighted by atomic mass is 10.0. The van der Waals surface area contributed by atoms with Crippen molar-refractivity contribution < 1.29 is 14.3 Å². The van der Waals surface area contributed by atoms with Crippen LogP contribution in [-0.2, 0) is 14.3 Å². The number of amides is 1. The molecule has 3 heterocycles. The van der Waals surface area contributed by atoms with Crippen LogP contribution in [0.5, 0.6) is 0 Å². The minimum absolute atomic E-state index is 0.252. The fraction of sp³-hybridized carbons (Fsp3) is 0.929. The molecular weight excluding hydrogens is 258 g/mol. The van der Waals surface area contributed by atoms with E-state index in [-0.39, 0.29) is 11.7 Å². The van der Waals surface area contributed by atoms with E-state index in [4.69, 9.17) is 9.47 Å². The predicted molar refractivity (Wildman–Crippen MR) is 74.4 cm³/mol. The third-order valence-electron chi connectivity index (χ3n) is 4.65. The number of likely N-dealkylation sites (N-methyl/N-ethyl adjacent to an activating group) is 1. The van der Waals surface area contributed by atoms with E-state index < -0.39 is 0 Å². The number of carbonyl (C=O) groups excluding carboxylic acids is 1. The van der Waals surface area contributed by atoms with Gasteiger partial charge in [-0.15, -0.1) is 0 Å². The maximum atomic E-state index is 12.3. The van der Waals surface area contributed by atoms with Crippen LogP contribution in [0.4, 0.5) is 0 Å². The summed E-state index contributed by atoms with van der Waals surface area (Å²) in [6.07, 6.45) is 1.61. The fourth-order valence-corrected chi connectivity index (χ4v) is 3.18. The maximum absolute atomic E-state index is 12.3. The number of hydrogen-bond acceptors (Lipinski definition) is 5. The normalized spacial score (nSPS) is 28.1. The van der Waals surface area contributed by atoms with Crippen LogP contribution in [-0.4, -0.2) is 92.5 Å². The van der Waals surface area contributed by atoms with Gasteiger partial charge in [0.2, 0.25) is 5.91 Å². The predicted octanol–water partition coefficient (Wildman–Crippen LogP) is -0.401. The van der Waals surface area contributed by atoms with Crippen LogP contribution in [0, 0.1) is 0 Å². The van der Waals surface area contributed by atoms with Crippen molar-refractivity contribution in [1.29, 1.82) is 0 Å². The first kappa shape index (κ1) is 14.3. The van der Waals surface area contributed by atoms with E-state index in [1.807, 2.05) is 4.90 Å². The Balaban J connectivity index is 1.44. The van der Waals surface area contributed by atoms with Crippen LogP contribution in [0.25, 0.3) is 0 Å². The smallest absolute Gasteiger partial charge is 0.236 e. The van der Waals surface area contributed by atoms with E-state index in [9.17, 15) is 4.79 Å². The van der Waals surface area contributed by atoms with Crippen LogP contribution in [0.1, 0.15) is 12.8 Å². The summed E-state index contributed by atoms with van der Waals surface area (Å²) in [6, 6.07) is 0. The molecule has 0 aromatic carbocycles. The summed E-state index contributed by atoms with van der Waals surface area (Å²) in [5.41, 5.74) is 0. The molecule has 20 heavy (non-hydrogen) atoms. The molecule has 0 radical (unpaired) electrons. The van der Waals surface area contributed by atoms with E-state index in [0.29, 0.717) is 19.8 Å². The number of piperazine rings is 1. The minimum atomic E-state index is -0.384. The van der Waals surface area contributed by atoms with Gasteiger partial charge < -0.3 is 19.3 Å². The highest BCUT2D eigenvalue weighted by Crippen LogP contribution is 2.31. The SMILES string of the molecule is CN1CCN(CC(=O)N2CCC3(CC2)OCCO3)CC1. The summed E-state index contributed by atoms with van der Waals surface area (Å²) < 4.78 is 11.4. The molecule has 0 saturated carbocycles. The van der Waals surface area contributed by atoms with Gasteiger partial charge in [0, 0.05) is 52.1 Å². The third kappa shape index (κ3) is 3.14. The van der Waals surface area contributed by atoms with E-state index >= 15 is 0 Å². The van der Waals surface area contributed by atoms with Gasteiger partial charge in [-0.3, -0.25) is 9.69 Å². The molecule has 1 amide bonds. The number of nitrogens with zero attached hydrogens (tertiary/aromatic N) is 3. The number of carbonyl (C=O) groups is 1. The van der Waals surface area contributed by atoms with Crippen molar-refractivity contribution in [2.24, 2.45) is 0 Å². The molecule has 0 unspecified atom stereocenters. The molecule has 3 rings (SSSR count). The molecule has 6 nitrogen and oxygen atoms in total. The van der Waals surface area contributed by atoms with Crippen molar-refractivity contribution in [2.45, 2.75) is 18.6 Å². The van der Waals surface area contributed by atoms with Gasteiger partial charge in [-0.1, -0.05) is 0 Å². The van der Waals surface area contributed by atoms with Crippen LogP contribution >= 0.6 is 0 Å². The molecule has 114 valence electrons. The van der Waals surface area contributed by atoms with E-state index in [1.54, 1.807) is 0 Å². The summed E-state index contributed by atoms with van der Waals surface area (Å²) in [5.74, 6) is -0.132. The van der Waals surface area contributed by atoms with Crippen molar-refractivity contribution in [3.05, 3.63) is 0 Å². The monoisotopic (exact) mass is 283 g/mol. The fourth-order valence-electron chi connectivity index (χ4n) is 3.18. The van der Waals surface area contributed by atoms with Crippen LogP contribution in [0.3, 0.4) is 0 Å². The van der Waals surface area contributed by atoms with Crippen molar-refractivity contribution in [1.82, 2.24) is 14.7 Å². The molecule has 1 spiro atoms. The van der Waals surface area contributed by atoms with E-state index in [2.05, 4.69) is 16.8 Å². The largest absolute Gasteiger partial charge is 0.347 e. The first-order valence-corrected chi connectivity index (χ1v) is 7.63. The molecule has 3 aliphatic rings. The maximum Gasteiger partial charge on any atom is 0.236 e. The first-order chi connectivity index (χ1) is 9.67. The molecule has 0 aromatic heterocycles. The van der Waals surface area contributed by atoms with Crippen LogP contribution in [0.15, 0.2) is 0 Å². The Morgan fingerprint density at radius 1 is 1.00 bits per heavy atom. The highest BCUT2D eigenvalue weighted by molar-refractivity contribution is 5.78. The van der Waals surface area contributed by atoms with Crippen LogP contribution in [0.2, 0.25) is 0 Å². The standard InChI is InChI=1S/C14H25N3O3/c1-15-6-8-16(9-7-15)12-13(18)17-4-2-14(3-5-17)19-10-11-20-14/h2-12H2,1H3. The minimum Gasteiger partial charge on any atom is -0.347 e. The van der Waals surface area contributed by atoms with Gasteiger partial charge in [0.25, 0.3) is 0 Å². The number of rotatable bonds is 2. The molecule has 0 aliphatic carbocycles. The summed E-state index contributed by atoms with van der Waals surface area (Å²) in [4.78, 5) is 18.9. The third-order valence-corrected chi connectivity index (χ3v) is 4.65. The van der Waals surface area contributed by atoms with Gasteiger partial charge in [-0.05, 0) is 7.05 Å². The lowest BCUT2D eigenvalue weighted by molar-refractivity contribution is -0.187. The molecule has 3 fully saturated rings. The molecule has 0 aromatic rings. The Bertz CT molecular complexity index is 340. The average Bonchev–Trinajstić information content (AvgIpc) is 2.90. The van der Waals surface area contributed by atoms with Gasteiger partial charge in [0.1, 0.15) is 0 Å². The number of ether oxygens (including phenoxy) is 2. The summed E-state index contributed by atoms with van der Waals surface area (Å²) in [5, 5.41) is 0. The number of likely N-dealkylation sites (tertiary alicyclic amines) is 1. The van der Waals surface area contributed by atoms with Gasteiger partial charge in [0.15, 0.2) is 5.79 Å². The van der Waals surface area contributed by atoms with E-state index in [0.717, 1.165) is 52.1 Å². The zero-order chi connectivity index (χ0) is 14.0. The second-order valence-corrected chi connectivity index (χ2v) is 6.07. The Kier molecular flexibility index (Phi) is 4.26. The van der Waals surface area contributed by atoms with Crippen molar-refractivity contribution in [3.63, 3.8) is 0 Å². The topological polar surface area (TPSA) is 45.2 Å². The molecule has 6 heteroatoms. The quantitative estimate of drug-likeness (QED) is 0.690. The highest BCUT2D eigenvalue weighted by Gasteiger charge is 2.40. The molecule has 3 saturated heterocycles. The summed E-state index contributed by atoms with van der Waals surface area (Å²) in [7, 11) is 2.13. The van der Waals surface area contributed by atoms with Crippen molar-refractivity contribution in [3.8, 4) is 0 Å². The Morgan fingerprint density at radius 3 is 2.20 bits per heavy atom. The van der Waals surface area contributed by atoms with Crippen molar-refractivity contribution >= 4 is 5.91 Å². The Hall–Kier alpha value is -0.690. The zero-order valence-electron chi connectivity index (χ0n) is 12.3. The second-order valence-electron chi connectivity index (χ2n) is 6.07. The average molecular weight is 283 g/mol. The second kappa shape index (κ2) is 5.97. The zero-order valence-corrected chi connectivity index (χ0v) is 12.3. The Labute approximate surface area is 120 Å². The lowest BCUT2D eigenvalue weighted by Gasteiger charge is -2.39. The lowest BCUT2D eigenvalue weighted by Crippen LogP contribution is -2.52. The highest BCUT2D eigenvalue weighted by atomic mass is 16.7. The van der Waals surface area contributed by atoms with Gasteiger partial charge in [-0.25, -0.2) is 0 Å². The number of piperidine rings is 1. The first-order valence-electron chi connectivity index (χ1n) is 7.63. The van der Waals surface area contributed by atoms with Crippen molar-refractivity contribution in [2.75, 3.05) is 66.1 Å². The van der Waals surface area contributed by atoms with Gasteiger partial charge in [-0.2, -0.15) is 0 Å². The molecule has 3 aliphatic heterocycles. The number of hydrogen-bond donors (Lipinski definition) is 0. The molecule has 0 N–H and O–H groups in total.